The fraction of sp³-hybridized carbons (Fsp3) is 0.231. The largest absolute Gasteiger partial charge is 0.508 e. The van der Waals surface area contributed by atoms with Gasteiger partial charge in [0.25, 0.3) is 0 Å². The van der Waals surface area contributed by atoms with Crippen LogP contribution in [0.1, 0.15) is 25.5 Å². The van der Waals surface area contributed by atoms with Crippen LogP contribution in [0.15, 0.2) is 35.5 Å². The van der Waals surface area contributed by atoms with Crippen LogP contribution in [0.2, 0.25) is 0 Å². The molecule has 1 heterocycles. The van der Waals surface area contributed by atoms with Gasteiger partial charge < -0.3 is 15.7 Å². The molecule has 0 radical (unpaired) electrons. The van der Waals surface area contributed by atoms with Crippen LogP contribution >= 0.6 is 0 Å². The number of nitrogens with one attached hydrogen (secondary N) is 2. The van der Waals surface area contributed by atoms with Gasteiger partial charge in [0.15, 0.2) is 5.78 Å². The molecule has 3 N–H and O–H groups in total. The number of phenols is 1. The number of hydrogen-bond donors (Lipinski definition) is 3. The van der Waals surface area contributed by atoms with Gasteiger partial charge in [-0.3, -0.25) is 4.79 Å². The van der Waals surface area contributed by atoms with Crippen molar-refractivity contribution in [3.63, 3.8) is 0 Å². The standard InChI is InChI=1S/C13H14N2O3/c1-7-11(8(2)16)12(15-13(18)14-7)9-3-5-10(17)6-4-9/h3-6,12,17H,1-2H3,(H2,14,15,18)/t12-/m1/s1. The summed E-state index contributed by atoms with van der Waals surface area (Å²) in [5.74, 6) is 0.0437. The molecule has 0 saturated carbocycles. The highest BCUT2D eigenvalue weighted by Crippen LogP contribution is 2.27. The number of carbonyl (C=O) groups excluding carboxylic acids is 2. The quantitative estimate of drug-likeness (QED) is 0.741. The molecule has 94 valence electrons. The minimum atomic E-state index is -0.475. The maximum absolute atomic E-state index is 11.7. The molecule has 5 nitrogen and oxygen atoms in total. The third-order valence-corrected chi connectivity index (χ3v) is 2.87. The van der Waals surface area contributed by atoms with Crippen molar-refractivity contribution in [1.29, 1.82) is 0 Å². The number of urea groups is 1. The number of ketones is 1. The molecule has 2 amide bonds. The molecule has 0 bridgehead atoms. The van der Waals surface area contributed by atoms with Crippen LogP contribution in [-0.2, 0) is 4.79 Å². The van der Waals surface area contributed by atoms with E-state index in [1.54, 1.807) is 19.1 Å². The number of benzene rings is 1. The highest BCUT2D eigenvalue weighted by molar-refractivity contribution is 5.98. The van der Waals surface area contributed by atoms with Crippen molar-refractivity contribution >= 4 is 11.8 Å². The van der Waals surface area contributed by atoms with E-state index in [0.29, 0.717) is 11.3 Å². The van der Waals surface area contributed by atoms with Crippen LogP contribution in [0.25, 0.3) is 0 Å². The normalized spacial score (nSPS) is 19.2. The second-order valence-corrected chi connectivity index (χ2v) is 4.22. The molecule has 5 heteroatoms. The molecule has 1 aromatic carbocycles. The smallest absolute Gasteiger partial charge is 0.319 e. The highest BCUT2D eigenvalue weighted by atomic mass is 16.3. The topological polar surface area (TPSA) is 78.4 Å². The van der Waals surface area contributed by atoms with E-state index in [0.717, 1.165) is 5.56 Å². The zero-order chi connectivity index (χ0) is 13.3. The predicted octanol–water partition coefficient (Wildman–Crippen LogP) is 1.61. The van der Waals surface area contributed by atoms with Crippen molar-refractivity contribution < 1.29 is 14.7 Å². The first-order chi connectivity index (χ1) is 8.49. The van der Waals surface area contributed by atoms with Gasteiger partial charge in [-0.2, -0.15) is 0 Å². The molecule has 0 saturated heterocycles. The maximum Gasteiger partial charge on any atom is 0.319 e. The van der Waals surface area contributed by atoms with Crippen LogP contribution in [0.3, 0.4) is 0 Å². The SMILES string of the molecule is CC(=O)C1=C(C)NC(=O)N[C@@H]1c1ccc(O)cc1. The first kappa shape index (κ1) is 12.2. The van der Waals surface area contributed by atoms with E-state index in [1.165, 1.54) is 19.1 Å². The van der Waals surface area contributed by atoms with E-state index >= 15 is 0 Å². The van der Waals surface area contributed by atoms with E-state index in [1.807, 2.05) is 0 Å². The third-order valence-electron chi connectivity index (χ3n) is 2.87. The van der Waals surface area contributed by atoms with Gasteiger partial charge in [0.1, 0.15) is 5.75 Å². The fourth-order valence-electron chi connectivity index (χ4n) is 2.08. The highest BCUT2D eigenvalue weighted by Gasteiger charge is 2.28. The maximum atomic E-state index is 11.7. The van der Waals surface area contributed by atoms with Crippen LogP contribution in [0, 0.1) is 0 Å². The molecule has 0 spiro atoms. The Hall–Kier alpha value is -2.30. The molecule has 0 aromatic heterocycles. The molecule has 1 aliphatic rings. The molecule has 1 aliphatic heterocycles. The first-order valence-corrected chi connectivity index (χ1v) is 5.57. The number of hydrogen-bond acceptors (Lipinski definition) is 3. The molecule has 0 unspecified atom stereocenters. The number of phenolic OH excluding ortho intramolecular Hbond substituents is 1. The second-order valence-electron chi connectivity index (χ2n) is 4.22. The summed E-state index contributed by atoms with van der Waals surface area (Å²) in [7, 11) is 0. The van der Waals surface area contributed by atoms with E-state index in [-0.39, 0.29) is 17.6 Å². The summed E-state index contributed by atoms with van der Waals surface area (Å²) in [6.45, 7) is 3.16. The zero-order valence-corrected chi connectivity index (χ0v) is 10.2. The average molecular weight is 246 g/mol. The van der Waals surface area contributed by atoms with Crippen LogP contribution < -0.4 is 10.6 Å². The molecular weight excluding hydrogens is 232 g/mol. The minimum Gasteiger partial charge on any atom is -0.508 e. The summed E-state index contributed by atoms with van der Waals surface area (Å²) in [5.41, 5.74) is 1.84. The lowest BCUT2D eigenvalue weighted by atomic mass is 9.93. The fourth-order valence-corrected chi connectivity index (χ4v) is 2.08. The number of Topliss-reactive ketones (excluding diaryl/α,β-unsaturated/α-hetero) is 1. The van der Waals surface area contributed by atoms with Gasteiger partial charge >= 0.3 is 6.03 Å². The van der Waals surface area contributed by atoms with E-state index in [2.05, 4.69) is 10.6 Å². The lowest BCUT2D eigenvalue weighted by Gasteiger charge is -2.28. The van der Waals surface area contributed by atoms with Crippen molar-refractivity contribution in [2.24, 2.45) is 0 Å². The van der Waals surface area contributed by atoms with Gasteiger partial charge in [0.2, 0.25) is 0 Å². The second kappa shape index (κ2) is 4.52. The Morgan fingerprint density at radius 3 is 2.44 bits per heavy atom. The number of allylic oxidation sites excluding steroid dienone is 1. The van der Waals surface area contributed by atoms with Gasteiger partial charge in [-0.15, -0.1) is 0 Å². The van der Waals surface area contributed by atoms with E-state index in [9.17, 15) is 14.7 Å². The average Bonchev–Trinajstić information content (AvgIpc) is 2.28. The van der Waals surface area contributed by atoms with Crippen LogP contribution in [0.5, 0.6) is 5.75 Å². The van der Waals surface area contributed by atoms with Crippen molar-refractivity contribution in [2.75, 3.05) is 0 Å². The summed E-state index contributed by atoms with van der Waals surface area (Å²) in [4.78, 5) is 23.1. The third kappa shape index (κ3) is 2.20. The Morgan fingerprint density at radius 1 is 1.28 bits per heavy atom. The predicted molar refractivity (Wildman–Crippen MR) is 65.9 cm³/mol. The van der Waals surface area contributed by atoms with Gasteiger partial charge in [-0.1, -0.05) is 12.1 Å². The molecular formula is C13H14N2O3. The molecule has 1 aromatic rings. The number of rotatable bonds is 2. The van der Waals surface area contributed by atoms with E-state index < -0.39 is 6.04 Å². The lowest BCUT2D eigenvalue weighted by molar-refractivity contribution is -0.114. The van der Waals surface area contributed by atoms with Gasteiger partial charge in [-0.25, -0.2) is 4.79 Å². The van der Waals surface area contributed by atoms with Crippen molar-refractivity contribution in [3.05, 3.63) is 41.1 Å². The van der Waals surface area contributed by atoms with E-state index in [4.69, 9.17) is 0 Å². The van der Waals surface area contributed by atoms with Gasteiger partial charge in [0.05, 0.1) is 6.04 Å². The van der Waals surface area contributed by atoms with Crippen LogP contribution in [-0.4, -0.2) is 16.9 Å². The summed E-state index contributed by atoms with van der Waals surface area (Å²) < 4.78 is 0. The Bertz CT molecular complexity index is 532. The Labute approximate surface area is 105 Å². The summed E-state index contributed by atoms with van der Waals surface area (Å²) in [5, 5.41) is 14.5. The molecule has 0 aliphatic carbocycles. The molecule has 0 fully saturated rings. The zero-order valence-electron chi connectivity index (χ0n) is 10.2. The first-order valence-electron chi connectivity index (χ1n) is 5.57. The Morgan fingerprint density at radius 2 is 1.89 bits per heavy atom. The summed E-state index contributed by atoms with van der Waals surface area (Å²) >= 11 is 0. The molecule has 18 heavy (non-hydrogen) atoms. The van der Waals surface area contributed by atoms with Crippen molar-refractivity contribution in [2.45, 2.75) is 19.9 Å². The van der Waals surface area contributed by atoms with Gasteiger partial charge in [-0.05, 0) is 31.5 Å². The minimum absolute atomic E-state index is 0.0990. The Kier molecular flexibility index (Phi) is 3.06. The number of aromatic hydroxyl groups is 1. The Balaban J connectivity index is 2.46. The summed E-state index contributed by atoms with van der Waals surface area (Å²) in [6, 6.07) is 5.60. The molecule has 2 rings (SSSR count). The lowest BCUT2D eigenvalue weighted by Crippen LogP contribution is -2.44. The van der Waals surface area contributed by atoms with Gasteiger partial charge in [0, 0.05) is 11.3 Å². The molecule has 1 atom stereocenters. The van der Waals surface area contributed by atoms with Crippen LogP contribution in [0.4, 0.5) is 4.79 Å². The monoisotopic (exact) mass is 246 g/mol. The number of amides is 2. The number of carbonyl (C=O) groups is 2. The van der Waals surface area contributed by atoms with Crippen molar-refractivity contribution in [1.82, 2.24) is 10.6 Å². The summed E-state index contributed by atoms with van der Waals surface area (Å²) in [6.07, 6.45) is 0. The van der Waals surface area contributed by atoms with Crippen molar-refractivity contribution in [3.8, 4) is 5.75 Å².